The summed E-state index contributed by atoms with van der Waals surface area (Å²) in [5.41, 5.74) is 2.14. The Morgan fingerprint density at radius 3 is 2.86 bits per heavy atom. The zero-order chi connectivity index (χ0) is 15.0. The molecule has 1 aliphatic rings. The molecule has 112 valence electrons. The second-order valence-corrected chi connectivity index (χ2v) is 5.26. The lowest BCUT2D eigenvalue weighted by atomic mass is 10.1. The highest BCUT2D eigenvalue weighted by Gasteiger charge is 2.30. The van der Waals surface area contributed by atoms with Gasteiger partial charge in [-0.05, 0) is 20.8 Å². The molecular weight excluding hydrogens is 272 g/mol. The summed E-state index contributed by atoms with van der Waals surface area (Å²) < 4.78 is 10.8. The summed E-state index contributed by atoms with van der Waals surface area (Å²) in [5, 5.41) is 3.84. The van der Waals surface area contributed by atoms with Gasteiger partial charge in [-0.2, -0.15) is 0 Å². The monoisotopic (exact) mass is 290 g/mol. The van der Waals surface area contributed by atoms with Crippen LogP contribution in [0.2, 0.25) is 0 Å². The maximum Gasteiger partial charge on any atom is 0.259 e. The molecule has 0 radical (unpaired) electrons. The van der Waals surface area contributed by atoms with Crippen molar-refractivity contribution in [1.82, 2.24) is 20.0 Å². The molecule has 0 aliphatic carbocycles. The van der Waals surface area contributed by atoms with Gasteiger partial charge < -0.3 is 19.1 Å². The second kappa shape index (κ2) is 5.33. The van der Waals surface area contributed by atoms with Crippen molar-refractivity contribution >= 4 is 5.91 Å². The number of hydrogen-bond acceptors (Lipinski definition) is 5. The molecule has 21 heavy (non-hydrogen) atoms. The first kappa shape index (κ1) is 13.8. The Morgan fingerprint density at radius 1 is 1.43 bits per heavy atom. The minimum Gasteiger partial charge on any atom is -0.367 e. The van der Waals surface area contributed by atoms with E-state index in [2.05, 4.69) is 15.1 Å². The van der Waals surface area contributed by atoms with E-state index in [1.54, 1.807) is 24.9 Å². The van der Waals surface area contributed by atoms with Crippen molar-refractivity contribution in [3.8, 4) is 0 Å². The quantitative estimate of drug-likeness (QED) is 0.906. The van der Waals surface area contributed by atoms with Gasteiger partial charge in [-0.15, -0.1) is 0 Å². The Bertz CT molecular complexity index is 641. The number of imidazole rings is 1. The summed E-state index contributed by atoms with van der Waals surface area (Å²) >= 11 is 0. The van der Waals surface area contributed by atoms with Gasteiger partial charge in [-0.25, -0.2) is 4.98 Å². The van der Waals surface area contributed by atoms with Crippen LogP contribution in [-0.4, -0.2) is 45.6 Å². The maximum absolute atomic E-state index is 12.6. The molecule has 1 aliphatic heterocycles. The van der Waals surface area contributed by atoms with Crippen LogP contribution >= 0.6 is 0 Å². The summed E-state index contributed by atoms with van der Waals surface area (Å²) in [7, 11) is 0. The normalized spacial score (nSPS) is 19.0. The van der Waals surface area contributed by atoms with E-state index in [1.165, 1.54) is 0 Å². The summed E-state index contributed by atoms with van der Waals surface area (Å²) in [6.45, 7) is 6.97. The lowest BCUT2D eigenvalue weighted by Gasteiger charge is -2.32. The number of aromatic nitrogens is 3. The Kier molecular flexibility index (Phi) is 3.50. The summed E-state index contributed by atoms with van der Waals surface area (Å²) in [4.78, 5) is 21.8. The topological polar surface area (TPSA) is 84.2 Å². The first-order chi connectivity index (χ1) is 10.1. The standard InChI is InChI=1S/C14H18N4O3/c1-8-6-15-13(16-8)11-7-18(4-5-20-11)14(19)12-9(2)17-21-10(12)3/h6,11H,4-5,7H2,1-3H3,(H,15,16)/t11-/m0/s1. The highest BCUT2D eigenvalue weighted by molar-refractivity contribution is 5.96. The van der Waals surface area contributed by atoms with Gasteiger partial charge in [-0.3, -0.25) is 4.79 Å². The van der Waals surface area contributed by atoms with Gasteiger partial charge in [0, 0.05) is 18.4 Å². The van der Waals surface area contributed by atoms with Gasteiger partial charge >= 0.3 is 0 Å². The van der Waals surface area contributed by atoms with Crippen LogP contribution in [0.25, 0.3) is 0 Å². The summed E-state index contributed by atoms with van der Waals surface area (Å²) in [5.74, 6) is 1.24. The lowest BCUT2D eigenvalue weighted by molar-refractivity contribution is -0.0265. The fourth-order valence-electron chi connectivity index (χ4n) is 2.54. The Hall–Kier alpha value is -2.15. The summed E-state index contributed by atoms with van der Waals surface area (Å²) in [6, 6.07) is 0. The van der Waals surface area contributed by atoms with Crippen molar-refractivity contribution in [3.63, 3.8) is 0 Å². The lowest BCUT2D eigenvalue weighted by Crippen LogP contribution is -2.42. The van der Waals surface area contributed by atoms with Crippen molar-refractivity contribution in [3.05, 3.63) is 34.7 Å². The van der Waals surface area contributed by atoms with E-state index >= 15 is 0 Å². The number of aryl methyl sites for hydroxylation is 3. The summed E-state index contributed by atoms with van der Waals surface area (Å²) in [6.07, 6.45) is 1.53. The van der Waals surface area contributed by atoms with E-state index in [0.29, 0.717) is 36.7 Å². The van der Waals surface area contributed by atoms with Crippen LogP contribution < -0.4 is 0 Å². The number of morpholine rings is 1. The van der Waals surface area contributed by atoms with E-state index in [-0.39, 0.29) is 12.0 Å². The average molecular weight is 290 g/mol. The molecule has 1 N–H and O–H groups in total. The molecule has 0 unspecified atom stereocenters. The molecule has 0 aromatic carbocycles. The van der Waals surface area contributed by atoms with Crippen molar-refractivity contribution in [1.29, 1.82) is 0 Å². The van der Waals surface area contributed by atoms with Crippen molar-refractivity contribution in [2.24, 2.45) is 0 Å². The van der Waals surface area contributed by atoms with Gasteiger partial charge in [0.25, 0.3) is 5.91 Å². The number of nitrogens with zero attached hydrogens (tertiary/aromatic N) is 3. The third-order valence-electron chi connectivity index (χ3n) is 3.63. The maximum atomic E-state index is 12.6. The fourth-order valence-corrected chi connectivity index (χ4v) is 2.54. The Labute approximate surface area is 122 Å². The van der Waals surface area contributed by atoms with E-state index in [9.17, 15) is 4.79 Å². The molecule has 3 heterocycles. The number of nitrogens with one attached hydrogen (secondary N) is 1. The highest BCUT2D eigenvalue weighted by Crippen LogP contribution is 2.23. The molecule has 2 aromatic heterocycles. The van der Waals surface area contributed by atoms with Crippen LogP contribution in [0.1, 0.15) is 39.4 Å². The molecule has 1 amide bonds. The van der Waals surface area contributed by atoms with Crippen LogP contribution in [0.4, 0.5) is 0 Å². The van der Waals surface area contributed by atoms with Crippen LogP contribution in [0, 0.1) is 20.8 Å². The molecular formula is C14H18N4O3. The number of H-pyrrole nitrogens is 1. The molecule has 3 rings (SSSR count). The number of hydrogen-bond donors (Lipinski definition) is 1. The minimum atomic E-state index is -0.225. The Morgan fingerprint density at radius 2 is 2.24 bits per heavy atom. The third-order valence-corrected chi connectivity index (χ3v) is 3.63. The van der Waals surface area contributed by atoms with Gasteiger partial charge in [-0.1, -0.05) is 5.16 Å². The molecule has 0 spiro atoms. The molecule has 0 bridgehead atoms. The smallest absolute Gasteiger partial charge is 0.259 e. The van der Waals surface area contributed by atoms with Crippen LogP contribution in [0.5, 0.6) is 0 Å². The molecule has 7 nitrogen and oxygen atoms in total. The number of amides is 1. The predicted octanol–water partition coefficient (Wildman–Crippen LogP) is 1.54. The van der Waals surface area contributed by atoms with Crippen molar-refractivity contribution < 1.29 is 14.1 Å². The predicted molar refractivity (Wildman–Crippen MR) is 73.9 cm³/mol. The van der Waals surface area contributed by atoms with Gasteiger partial charge in [0.1, 0.15) is 23.3 Å². The zero-order valence-electron chi connectivity index (χ0n) is 12.3. The minimum absolute atomic E-state index is 0.0668. The molecule has 0 saturated carbocycles. The van der Waals surface area contributed by atoms with E-state index in [1.807, 2.05) is 6.92 Å². The van der Waals surface area contributed by atoms with Crippen LogP contribution in [-0.2, 0) is 4.74 Å². The van der Waals surface area contributed by atoms with Gasteiger partial charge in [0.15, 0.2) is 0 Å². The number of ether oxygens (including phenoxy) is 1. The van der Waals surface area contributed by atoms with E-state index in [4.69, 9.17) is 9.26 Å². The zero-order valence-corrected chi connectivity index (χ0v) is 12.3. The third kappa shape index (κ3) is 2.56. The van der Waals surface area contributed by atoms with E-state index < -0.39 is 0 Å². The van der Waals surface area contributed by atoms with Gasteiger partial charge in [0.05, 0.1) is 18.8 Å². The Balaban J connectivity index is 1.78. The molecule has 1 saturated heterocycles. The van der Waals surface area contributed by atoms with Crippen molar-refractivity contribution in [2.45, 2.75) is 26.9 Å². The highest BCUT2D eigenvalue weighted by atomic mass is 16.5. The second-order valence-electron chi connectivity index (χ2n) is 5.26. The molecule has 1 atom stereocenters. The van der Waals surface area contributed by atoms with E-state index in [0.717, 1.165) is 11.5 Å². The number of carbonyl (C=O) groups excluding carboxylic acids is 1. The van der Waals surface area contributed by atoms with Crippen LogP contribution in [0.3, 0.4) is 0 Å². The first-order valence-corrected chi connectivity index (χ1v) is 6.91. The average Bonchev–Trinajstić information content (AvgIpc) is 3.05. The molecule has 2 aromatic rings. The number of carbonyl (C=O) groups is 1. The van der Waals surface area contributed by atoms with Gasteiger partial charge in [0.2, 0.25) is 0 Å². The first-order valence-electron chi connectivity index (χ1n) is 6.91. The SMILES string of the molecule is Cc1cnc([C@@H]2CN(C(=O)c3c(C)noc3C)CCO2)[nH]1. The number of aromatic amines is 1. The molecule has 1 fully saturated rings. The largest absolute Gasteiger partial charge is 0.367 e. The number of rotatable bonds is 2. The van der Waals surface area contributed by atoms with Crippen LogP contribution in [0.15, 0.2) is 10.7 Å². The molecule has 7 heteroatoms. The van der Waals surface area contributed by atoms with Crippen molar-refractivity contribution in [2.75, 3.05) is 19.7 Å². The fraction of sp³-hybridized carbons (Fsp3) is 0.500.